The molecule has 1 heterocycles. The van der Waals surface area contributed by atoms with E-state index in [2.05, 4.69) is 24.4 Å². The molecule has 4 nitrogen and oxygen atoms in total. The molecular formula is C17H22N2O2. The van der Waals surface area contributed by atoms with Crippen molar-refractivity contribution in [3.8, 4) is 5.75 Å². The van der Waals surface area contributed by atoms with E-state index >= 15 is 0 Å². The Hall–Kier alpha value is -2.23. The minimum atomic E-state index is 0.0283. The average molecular weight is 286 g/mol. The summed E-state index contributed by atoms with van der Waals surface area (Å²) in [5.74, 6) is 0.855. The first kappa shape index (κ1) is 15.2. The molecule has 0 aliphatic rings. The fourth-order valence-electron chi connectivity index (χ4n) is 2.32. The summed E-state index contributed by atoms with van der Waals surface area (Å²) in [4.78, 5) is 11.6. The van der Waals surface area contributed by atoms with Gasteiger partial charge in [-0.15, -0.1) is 0 Å². The van der Waals surface area contributed by atoms with Crippen LogP contribution in [0.4, 0.5) is 5.69 Å². The molecule has 0 aliphatic heterocycles. The van der Waals surface area contributed by atoms with Crippen molar-refractivity contribution < 1.29 is 4.74 Å². The fourth-order valence-corrected chi connectivity index (χ4v) is 2.32. The van der Waals surface area contributed by atoms with E-state index in [1.54, 1.807) is 17.7 Å². The lowest BCUT2D eigenvalue weighted by Gasteiger charge is -2.19. The van der Waals surface area contributed by atoms with Crippen molar-refractivity contribution in [1.82, 2.24) is 4.57 Å². The zero-order valence-electron chi connectivity index (χ0n) is 12.8. The maximum absolute atomic E-state index is 11.6. The molecule has 1 unspecified atom stereocenters. The molecule has 0 radical (unpaired) electrons. The van der Waals surface area contributed by atoms with Crippen molar-refractivity contribution in [2.45, 2.75) is 32.9 Å². The van der Waals surface area contributed by atoms with Gasteiger partial charge in [0.2, 0.25) is 0 Å². The summed E-state index contributed by atoms with van der Waals surface area (Å²) in [6.07, 6.45) is 2.83. The van der Waals surface area contributed by atoms with Gasteiger partial charge in [0.1, 0.15) is 5.75 Å². The van der Waals surface area contributed by atoms with Crippen molar-refractivity contribution in [3.63, 3.8) is 0 Å². The number of aromatic nitrogens is 1. The van der Waals surface area contributed by atoms with Crippen LogP contribution in [0, 0.1) is 0 Å². The lowest BCUT2D eigenvalue weighted by molar-refractivity contribution is 0.414. The molecule has 1 aromatic heterocycles. The first-order valence-corrected chi connectivity index (χ1v) is 7.29. The van der Waals surface area contributed by atoms with E-state index in [-0.39, 0.29) is 11.6 Å². The largest absolute Gasteiger partial charge is 0.497 e. The van der Waals surface area contributed by atoms with Gasteiger partial charge in [-0.3, -0.25) is 4.79 Å². The highest BCUT2D eigenvalue weighted by Gasteiger charge is 2.09. The second kappa shape index (κ2) is 6.97. The predicted octanol–water partition coefficient (Wildman–Crippen LogP) is 3.44. The van der Waals surface area contributed by atoms with Gasteiger partial charge in [0, 0.05) is 18.8 Å². The van der Waals surface area contributed by atoms with E-state index in [1.807, 2.05) is 31.3 Å². The molecule has 0 spiro atoms. The maximum Gasteiger partial charge on any atom is 0.250 e. The van der Waals surface area contributed by atoms with Gasteiger partial charge in [0.05, 0.1) is 18.8 Å². The van der Waals surface area contributed by atoms with Gasteiger partial charge in [-0.25, -0.2) is 0 Å². The monoisotopic (exact) mass is 286 g/mol. The number of methoxy groups -OCH3 is 1. The number of pyridine rings is 1. The van der Waals surface area contributed by atoms with Gasteiger partial charge in [0.25, 0.3) is 5.56 Å². The third-order valence-electron chi connectivity index (χ3n) is 3.59. The summed E-state index contributed by atoms with van der Waals surface area (Å²) in [6.45, 7) is 4.78. The molecule has 1 N–H and O–H groups in total. The van der Waals surface area contributed by atoms with Crippen molar-refractivity contribution >= 4 is 5.69 Å². The smallest absolute Gasteiger partial charge is 0.250 e. The number of hydrogen-bond acceptors (Lipinski definition) is 3. The number of nitrogens with one attached hydrogen (secondary N) is 1. The second-order valence-corrected chi connectivity index (χ2v) is 4.92. The summed E-state index contributed by atoms with van der Waals surface area (Å²) in [5.41, 5.74) is 2.19. The van der Waals surface area contributed by atoms with Crippen LogP contribution in [0.5, 0.6) is 5.75 Å². The molecular weight excluding hydrogens is 264 g/mol. The number of ether oxygens (including phenoxy) is 1. The van der Waals surface area contributed by atoms with Crippen LogP contribution in [0.3, 0.4) is 0 Å². The highest BCUT2D eigenvalue weighted by atomic mass is 16.5. The standard InChI is InChI=1S/C17H22N2O2/c1-4-16(13-6-9-15(21-3)10-7-13)18-14-8-11-17(20)19(5-2)12-14/h6-12,16,18H,4-5H2,1-3H3. The van der Waals surface area contributed by atoms with Crippen molar-refractivity contribution in [3.05, 3.63) is 58.5 Å². The van der Waals surface area contributed by atoms with Crippen LogP contribution in [0.15, 0.2) is 47.4 Å². The van der Waals surface area contributed by atoms with Crippen LogP contribution in [-0.4, -0.2) is 11.7 Å². The number of anilines is 1. The van der Waals surface area contributed by atoms with Crippen LogP contribution >= 0.6 is 0 Å². The quantitative estimate of drug-likeness (QED) is 0.884. The minimum Gasteiger partial charge on any atom is -0.497 e. The zero-order valence-corrected chi connectivity index (χ0v) is 12.8. The molecule has 0 amide bonds. The summed E-state index contributed by atoms with van der Waals surface area (Å²) in [6, 6.07) is 11.7. The molecule has 112 valence electrons. The Kier molecular flexibility index (Phi) is 5.04. The van der Waals surface area contributed by atoms with Crippen LogP contribution in [0.25, 0.3) is 0 Å². The molecule has 2 rings (SSSR count). The highest BCUT2D eigenvalue weighted by Crippen LogP contribution is 2.24. The van der Waals surface area contributed by atoms with E-state index in [9.17, 15) is 4.79 Å². The molecule has 0 fully saturated rings. The zero-order chi connectivity index (χ0) is 15.2. The molecule has 4 heteroatoms. The lowest BCUT2D eigenvalue weighted by Crippen LogP contribution is -2.19. The summed E-state index contributed by atoms with van der Waals surface area (Å²) < 4.78 is 6.88. The van der Waals surface area contributed by atoms with Crippen LogP contribution in [0.2, 0.25) is 0 Å². The number of aryl methyl sites for hydroxylation is 1. The van der Waals surface area contributed by atoms with Crippen molar-refractivity contribution in [2.24, 2.45) is 0 Å². The molecule has 0 bridgehead atoms. The fraction of sp³-hybridized carbons (Fsp3) is 0.353. The normalized spacial score (nSPS) is 12.0. The Morgan fingerprint density at radius 1 is 1.14 bits per heavy atom. The molecule has 21 heavy (non-hydrogen) atoms. The number of rotatable bonds is 6. The molecule has 0 saturated heterocycles. The van der Waals surface area contributed by atoms with Crippen LogP contribution in [0.1, 0.15) is 31.9 Å². The summed E-state index contributed by atoms with van der Waals surface area (Å²) in [7, 11) is 1.67. The Balaban J connectivity index is 2.20. The third kappa shape index (κ3) is 3.66. The molecule has 2 aromatic rings. The Morgan fingerprint density at radius 3 is 2.43 bits per heavy atom. The SMILES string of the molecule is CCC(Nc1ccc(=O)n(CC)c1)c1ccc(OC)cc1. The predicted molar refractivity (Wildman–Crippen MR) is 86.0 cm³/mol. The summed E-state index contributed by atoms with van der Waals surface area (Å²) >= 11 is 0. The first-order valence-electron chi connectivity index (χ1n) is 7.29. The van der Waals surface area contributed by atoms with Gasteiger partial charge in [-0.2, -0.15) is 0 Å². The molecule has 1 aromatic carbocycles. The minimum absolute atomic E-state index is 0.0283. The number of benzene rings is 1. The van der Waals surface area contributed by atoms with E-state index in [1.165, 1.54) is 5.56 Å². The summed E-state index contributed by atoms with van der Waals surface area (Å²) in [5, 5.41) is 3.48. The maximum atomic E-state index is 11.6. The second-order valence-electron chi connectivity index (χ2n) is 4.92. The Labute approximate surface area is 125 Å². The highest BCUT2D eigenvalue weighted by molar-refractivity contribution is 5.44. The van der Waals surface area contributed by atoms with E-state index in [0.717, 1.165) is 17.9 Å². The van der Waals surface area contributed by atoms with Crippen molar-refractivity contribution in [1.29, 1.82) is 0 Å². The number of hydrogen-bond donors (Lipinski definition) is 1. The molecule has 1 atom stereocenters. The van der Waals surface area contributed by atoms with Crippen molar-refractivity contribution in [2.75, 3.05) is 12.4 Å². The molecule has 0 aliphatic carbocycles. The first-order chi connectivity index (χ1) is 10.2. The van der Waals surface area contributed by atoms with Gasteiger partial charge < -0.3 is 14.6 Å². The lowest BCUT2D eigenvalue weighted by atomic mass is 10.0. The average Bonchev–Trinajstić information content (AvgIpc) is 2.54. The van der Waals surface area contributed by atoms with Gasteiger partial charge in [-0.1, -0.05) is 19.1 Å². The van der Waals surface area contributed by atoms with E-state index in [4.69, 9.17) is 4.74 Å². The Bertz CT molecular complexity index is 632. The van der Waals surface area contributed by atoms with E-state index in [0.29, 0.717) is 6.54 Å². The van der Waals surface area contributed by atoms with Gasteiger partial charge in [-0.05, 0) is 37.1 Å². The topological polar surface area (TPSA) is 43.3 Å². The van der Waals surface area contributed by atoms with Gasteiger partial charge in [0.15, 0.2) is 0 Å². The van der Waals surface area contributed by atoms with Crippen LogP contribution < -0.4 is 15.6 Å². The third-order valence-corrected chi connectivity index (χ3v) is 3.59. The Morgan fingerprint density at radius 2 is 1.86 bits per heavy atom. The molecule has 0 saturated carbocycles. The van der Waals surface area contributed by atoms with Gasteiger partial charge >= 0.3 is 0 Å². The van der Waals surface area contributed by atoms with E-state index < -0.39 is 0 Å². The number of nitrogens with zero attached hydrogens (tertiary/aromatic N) is 1. The van der Waals surface area contributed by atoms with Crippen LogP contribution in [-0.2, 0) is 6.54 Å².